The van der Waals surface area contributed by atoms with Crippen molar-refractivity contribution in [2.24, 2.45) is 16.6 Å². The lowest BCUT2D eigenvalue weighted by Gasteiger charge is -2.05. The summed E-state index contributed by atoms with van der Waals surface area (Å²) in [7, 11) is 0. The van der Waals surface area contributed by atoms with Crippen molar-refractivity contribution in [1.82, 2.24) is 0 Å². The van der Waals surface area contributed by atoms with Crippen molar-refractivity contribution in [2.45, 2.75) is 12.8 Å². The van der Waals surface area contributed by atoms with Crippen LogP contribution < -0.4 is 5.73 Å². The molecule has 1 unspecified atom stereocenters. The standard InChI is InChI=1S/C13H18N2O/c14-13(12-4-2-1-3-5-12)15-8-6-11-7-9-16-10-11/h1-5,11H,6-10H2,(H2,14,15). The predicted molar refractivity (Wildman–Crippen MR) is 65.6 cm³/mol. The monoisotopic (exact) mass is 218 g/mol. The molecule has 1 aliphatic rings. The van der Waals surface area contributed by atoms with E-state index in [0.717, 1.165) is 31.7 Å². The van der Waals surface area contributed by atoms with Crippen LogP contribution in [0.3, 0.4) is 0 Å². The topological polar surface area (TPSA) is 47.6 Å². The van der Waals surface area contributed by atoms with E-state index in [9.17, 15) is 0 Å². The molecule has 3 nitrogen and oxygen atoms in total. The molecule has 16 heavy (non-hydrogen) atoms. The summed E-state index contributed by atoms with van der Waals surface area (Å²) in [5.41, 5.74) is 6.90. The third kappa shape index (κ3) is 3.07. The van der Waals surface area contributed by atoms with Crippen molar-refractivity contribution in [1.29, 1.82) is 0 Å². The lowest BCUT2D eigenvalue weighted by atomic mass is 10.1. The van der Waals surface area contributed by atoms with Gasteiger partial charge in [-0.05, 0) is 18.8 Å². The highest BCUT2D eigenvalue weighted by molar-refractivity contribution is 5.97. The third-order valence-electron chi connectivity index (χ3n) is 2.91. The number of ether oxygens (including phenoxy) is 1. The van der Waals surface area contributed by atoms with Crippen molar-refractivity contribution in [2.75, 3.05) is 19.8 Å². The quantitative estimate of drug-likeness (QED) is 0.619. The Hall–Kier alpha value is -1.35. The fraction of sp³-hybridized carbons (Fsp3) is 0.462. The summed E-state index contributed by atoms with van der Waals surface area (Å²) in [6, 6.07) is 9.90. The van der Waals surface area contributed by atoms with E-state index in [0.29, 0.717) is 11.8 Å². The highest BCUT2D eigenvalue weighted by Crippen LogP contribution is 2.15. The Morgan fingerprint density at radius 1 is 1.38 bits per heavy atom. The summed E-state index contributed by atoms with van der Waals surface area (Å²) in [5.74, 6) is 1.31. The van der Waals surface area contributed by atoms with E-state index < -0.39 is 0 Å². The fourth-order valence-electron chi connectivity index (χ4n) is 1.88. The number of hydrogen-bond donors (Lipinski definition) is 1. The van der Waals surface area contributed by atoms with Gasteiger partial charge in [-0.1, -0.05) is 30.3 Å². The van der Waals surface area contributed by atoms with Gasteiger partial charge in [-0.2, -0.15) is 0 Å². The molecular formula is C13H18N2O. The van der Waals surface area contributed by atoms with E-state index >= 15 is 0 Å². The molecular weight excluding hydrogens is 200 g/mol. The van der Waals surface area contributed by atoms with Gasteiger partial charge < -0.3 is 10.5 Å². The largest absolute Gasteiger partial charge is 0.384 e. The molecule has 1 heterocycles. The molecule has 0 saturated carbocycles. The van der Waals surface area contributed by atoms with E-state index in [1.807, 2.05) is 30.3 Å². The summed E-state index contributed by atoms with van der Waals surface area (Å²) in [6.45, 7) is 2.60. The van der Waals surface area contributed by atoms with Crippen molar-refractivity contribution in [3.05, 3.63) is 35.9 Å². The van der Waals surface area contributed by atoms with Gasteiger partial charge in [-0.3, -0.25) is 4.99 Å². The molecule has 0 amide bonds. The predicted octanol–water partition coefficient (Wildman–Crippen LogP) is 1.82. The molecule has 0 radical (unpaired) electrons. The molecule has 1 aliphatic heterocycles. The summed E-state index contributed by atoms with van der Waals surface area (Å²) in [5, 5.41) is 0. The Bertz CT molecular complexity index is 342. The molecule has 0 aliphatic carbocycles. The molecule has 1 atom stereocenters. The van der Waals surface area contributed by atoms with Crippen LogP contribution in [0.4, 0.5) is 0 Å². The first-order chi connectivity index (χ1) is 7.86. The number of hydrogen-bond acceptors (Lipinski definition) is 2. The van der Waals surface area contributed by atoms with Crippen LogP contribution in [0.5, 0.6) is 0 Å². The van der Waals surface area contributed by atoms with Crippen LogP contribution in [0.1, 0.15) is 18.4 Å². The maximum Gasteiger partial charge on any atom is 0.125 e. The van der Waals surface area contributed by atoms with Crippen LogP contribution in [0.2, 0.25) is 0 Å². The van der Waals surface area contributed by atoms with E-state index in [4.69, 9.17) is 10.5 Å². The number of amidine groups is 1. The molecule has 2 rings (SSSR count). The van der Waals surface area contributed by atoms with Gasteiger partial charge in [0, 0.05) is 25.3 Å². The molecule has 3 heteroatoms. The summed E-state index contributed by atoms with van der Waals surface area (Å²) < 4.78 is 5.32. The molecule has 0 bridgehead atoms. The number of nitrogens with two attached hydrogens (primary N) is 1. The van der Waals surface area contributed by atoms with Crippen LogP contribution in [0, 0.1) is 5.92 Å². The van der Waals surface area contributed by atoms with Crippen molar-refractivity contribution in [3.8, 4) is 0 Å². The molecule has 0 spiro atoms. The minimum Gasteiger partial charge on any atom is -0.384 e. The fourth-order valence-corrected chi connectivity index (χ4v) is 1.88. The number of nitrogens with zero attached hydrogens (tertiary/aromatic N) is 1. The molecule has 1 aromatic carbocycles. The zero-order valence-electron chi connectivity index (χ0n) is 9.43. The summed E-state index contributed by atoms with van der Waals surface area (Å²) in [4.78, 5) is 4.40. The Labute approximate surface area is 96.3 Å². The lowest BCUT2D eigenvalue weighted by molar-refractivity contribution is 0.184. The normalized spacial score (nSPS) is 21.2. The van der Waals surface area contributed by atoms with Gasteiger partial charge in [-0.15, -0.1) is 0 Å². The van der Waals surface area contributed by atoms with Gasteiger partial charge in [0.05, 0.1) is 0 Å². The second-order valence-electron chi connectivity index (χ2n) is 4.15. The molecule has 1 fully saturated rings. The molecule has 0 aromatic heterocycles. The Morgan fingerprint density at radius 3 is 2.88 bits per heavy atom. The minimum absolute atomic E-state index is 0.638. The highest BCUT2D eigenvalue weighted by atomic mass is 16.5. The van der Waals surface area contributed by atoms with Crippen LogP contribution in [0.25, 0.3) is 0 Å². The summed E-state index contributed by atoms with van der Waals surface area (Å²) in [6.07, 6.45) is 2.24. The first-order valence-corrected chi connectivity index (χ1v) is 5.79. The average Bonchev–Trinajstić information content (AvgIpc) is 2.83. The first-order valence-electron chi connectivity index (χ1n) is 5.79. The van der Waals surface area contributed by atoms with Gasteiger partial charge in [0.15, 0.2) is 0 Å². The van der Waals surface area contributed by atoms with Gasteiger partial charge in [0.25, 0.3) is 0 Å². The zero-order chi connectivity index (χ0) is 11.2. The highest BCUT2D eigenvalue weighted by Gasteiger charge is 2.14. The van der Waals surface area contributed by atoms with E-state index in [1.165, 1.54) is 6.42 Å². The molecule has 1 saturated heterocycles. The van der Waals surface area contributed by atoms with Crippen LogP contribution >= 0.6 is 0 Å². The summed E-state index contributed by atoms with van der Waals surface area (Å²) >= 11 is 0. The minimum atomic E-state index is 0.638. The maximum absolute atomic E-state index is 5.90. The second-order valence-corrected chi connectivity index (χ2v) is 4.15. The van der Waals surface area contributed by atoms with Crippen molar-refractivity contribution in [3.63, 3.8) is 0 Å². The Kier molecular flexibility index (Phi) is 3.94. The van der Waals surface area contributed by atoms with E-state index in [-0.39, 0.29) is 0 Å². The van der Waals surface area contributed by atoms with Crippen molar-refractivity contribution < 1.29 is 4.74 Å². The van der Waals surface area contributed by atoms with Gasteiger partial charge in [0.2, 0.25) is 0 Å². The third-order valence-corrected chi connectivity index (χ3v) is 2.91. The number of rotatable bonds is 4. The average molecular weight is 218 g/mol. The number of aliphatic imine (C=N–C) groups is 1. The zero-order valence-corrected chi connectivity index (χ0v) is 9.43. The van der Waals surface area contributed by atoms with Crippen LogP contribution in [-0.2, 0) is 4.74 Å². The number of benzene rings is 1. The second kappa shape index (κ2) is 5.66. The smallest absolute Gasteiger partial charge is 0.125 e. The van der Waals surface area contributed by atoms with Gasteiger partial charge in [-0.25, -0.2) is 0 Å². The Morgan fingerprint density at radius 2 is 2.19 bits per heavy atom. The first kappa shape index (κ1) is 11.1. The molecule has 2 N–H and O–H groups in total. The van der Waals surface area contributed by atoms with Gasteiger partial charge in [0.1, 0.15) is 5.84 Å². The lowest BCUT2D eigenvalue weighted by Crippen LogP contribution is -2.14. The van der Waals surface area contributed by atoms with Crippen molar-refractivity contribution >= 4 is 5.84 Å². The van der Waals surface area contributed by atoms with Crippen LogP contribution in [-0.4, -0.2) is 25.6 Å². The molecule has 1 aromatic rings. The maximum atomic E-state index is 5.90. The Balaban J connectivity index is 1.82. The van der Waals surface area contributed by atoms with E-state index in [1.54, 1.807) is 0 Å². The molecule has 86 valence electrons. The van der Waals surface area contributed by atoms with Gasteiger partial charge >= 0.3 is 0 Å². The van der Waals surface area contributed by atoms with E-state index in [2.05, 4.69) is 4.99 Å². The van der Waals surface area contributed by atoms with Crippen LogP contribution in [0.15, 0.2) is 35.3 Å². The SMILES string of the molecule is NC(=NCCC1CCOC1)c1ccccc1.